The van der Waals surface area contributed by atoms with Crippen LogP contribution in [0.3, 0.4) is 0 Å². The monoisotopic (exact) mass is 192 g/mol. The fourth-order valence-corrected chi connectivity index (χ4v) is 0.489. The quantitative estimate of drug-likeness (QED) is 0.681. The van der Waals surface area contributed by atoms with E-state index in [4.69, 9.17) is 5.26 Å². The van der Waals surface area contributed by atoms with Gasteiger partial charge in [-0.15, -0.1) is 0 Å². The van der Waals surface area contributed by atoms with Crippen LogP contribution in [0.4, 0.5) is 13.2 Å². The molecule has 13 heavy (non-hydrogen) atoms. The van der Waals surface area contributed by atoms with Crippen molar-refractivity contribution in [3.63, 3.8) is 0 Å². The van der Waals surface area contributed by atoms with Crippen LogP contribution < -0.4 is 5.32 Å². The summed E-state index contributed by atoms with van der Waals surface area (Å²) in [7, 11) is 0. The van der Waals surface area contributed by atoms with Gasteiger partial charge in [0.2, 0.25) is 5.91 Å². The molecule has 6 heteroatoms. The van der Waals surface area contributed by atoms with Gasteiger partial charge in [0.1, 0.15) is 6.42 Å². The number of alkyl halides is 3. The number of halogens is 3. The molecule has 0 rings (SSSR count). The Bertz CT molecular complexity index is 251. The number of hydrogen-bond donors (Lipinski definition) is 1. The SMILES string of the molecule is C=C(C#N)CNC(=O)CC(F)(F)F. The van der Waals surface area contributed by atoms with Gasteiger partial charge in [0.15, 0.2) is 0 Å². The minimum Gasteiger partial charge on any atom is -0.351 e. The van der Waals surface area contributed by atoms with Gasteiger partial charge in [-0.2, -0.15) is 18.4 Å². The summed E-state index contributed by atoms with van der Waals surface area (Å²) in [6, 6.07) is 1.59. The van der Waals surface area contributed by atoms with Crippen molar-refractivity contribution in [3.8, 4) is 6.07 Å². The molecule has 0 aromatic carbocycles. The highest BCUT2D eigenvalue weighted by Crippen LogP contribution is 2.18. The van der Waals surface area contributed by atoms with Crippen LogP contribution in [0.5, 0.6) is 0 Å². The Morgan fingerprint density at radius 3 is 2.46 bits per heavy atom. The summed E-state index contributed by atoms with van der Waals surface area (Å²) < 4.78 is 34.7. The summed E-state index contributed by atoms with van der Waals surface area (Å²) in [6.45, 7) is 2.94. The Balaban J connectivity index is 3.79. The molecular formula is C7H7F3N2O. The molecule has 0 spiro atoms. The third kappa shape index (κ3) is 6.87. The molecule has 0 aromatic rings. The van der Waals surface area contributed by atoms with E-state index in [0.717, 1.165) is 0 Å². The first-order valence-corrected chi connectivity index (χ1v) is 3.26. The van der Waals surface area contributed by atoms with E-state index in [-0.39, 0.29) is 12.1 Å². The van der Waals surface area contributed by atoms with Crippen LogP contribution in [0, 0.1) is 11.3 Å². The maximum atomic E-state index is 11.6. The van der Waals surface area contributed by atoms with Gasteiger partial charge in [0, 0.05) is 5.57 Å². The Morgan fingerprint density at radius 2 is 2.08 bits per heavy atom. The van der Waals surface area contributed by atoms with Crippen LogP contribution in [0.25, 0.3) is 0 Å². The molecule has 0 atom stereocenters. The van der Waals surface area contributed by atoms with Gasteiger partial charge in [0.25, 0.3) is 0 Å². The molecule has 0 aromatic heterocycles. The van der Waals surface area contributed by atoms with Crippen LogP contribution in [0.2, 0.25) is 0 Å². The minimum absolute atomic E-state index is 0.00974. The highest BCUT2D eigenvalue weighted by atomic mass is 19.4. The van der Waals surface area contributed by atoms with Crippen molar-refractivity contribution in [1.82, 2.24) is 5.32 Å². The first-order valence-electron chi connectivity index (χ1n) is 3.26. The zero-order valence-corrected chi connectivity index (χ0v) is 6.61. The van der Waals surface area contributed by atoms with Gasteiger partial charge < -0.3 is 5.32 Å². The maximum Gasteiger partial charge on any atom is 0.397 e. The first kappa shape index (κ1) is 11.5. The van der Waals surface area contributed by atoms with E-state index in [1.54, 1.807) is 6.07 Å². The lowest BCUT2D eigenvalue weighted by molar-refractivity contribution is -0.153. The number of nitrogens with zero attached hydrogens (tertiary/aromatic N) is 1. The van der Waals surface area contributed by atoms with E-state index in [1.807, 2.05) is 5.32 Å². The zero-order valence-electron chi connectivity index (χ0n) is 6.61. The zero-order chi connectivity index (χ0) is 10.5. The van der Waals surface area contributed by atoms with Crippen molar-refractivity contribution in [1.29, 1.82) is 5.26 Å². The van der Waals surface area contributed by atoms with Crippen LogP contribution in [-0.4, -0.2) is 18.6 Å². The van der Waals surface area contributed by atoms with Gasteiger partial charge in [-0.25, -0.2) is 0 Å². The largest absolute Gasteiger partial charge is 0.397 e. The van der Waals surface area contributed by atoms with Crippen LogP contribution in [0.1, 0.15) is 6.42 Å². The number of amides is 1. The number of nitriles is 1. The van der Waals surface area contributed by atoms with Crippen molar-refractivity contribution >= 4 is 5.91 Å². The molecular weight excluding hydrogens is 185 g/mol. The Morgan fingerprint density at radius 1 is 1.54 bits per heavy atom. The Kier molecular flexibility index (Phi) is 3.98. The first-order chi connectivity index (χ1) is 5.85. The molecule has 0 radical (unpaired) electrons. The molecule has 0 saturated heterocycles. The Labute approximate surface area is 72.8 Å². The molecule has 0 heterocycles. The third-order valence-electron chi connectivity index (χ3n) is 1.02. The fraction of sp³-hybridized carbons (Fsp3) is 0.429. The number of carbonyl (C=O) groups is 1. The third-order valence-corrected chi connectivity index (χ3v) is 1.02. The van der Waals surface area contributed by atoms with Crippen molar-refractivity contribution in [2.24, 2.45) is 0 Å². The van der Waals surface area contributed by atoms with Crippen molar-refractivity contribution in [3.05, 3.63) is 12.2 Å². The maximum absolute atomic E-state index is 11.6. The van der Waals surface area contributed by atoms with Gasteiger partial charge in [-0.05, 0) is 0 Å². The van der Waals surface area contributed by atoms with Crippen molar-refractivity contribution in [2.45, 2.75) is 12.6 Å². The van der Waals surface area contributed by atoms with E-state index in [1.165, 1.54) is 0 Å². The van der Waals surface area contributed by atoms with E-state index < -0.39 is 18.5 Å². The molecule has 0 aliphatic carbocycles. The summed E-state index contributed by atoms with van der Waals surface area (Å²) in [5.41, 5.74) is 0.00974. The molecule has 0 aliphatic rings. The number of nitrogens with one attached hydrogen (secondary N) is 1. The second kappa shape index (κ2) is 4.50. The molecule has 72 valence electrons. The Hall–Kier alpha value is -1.51. The smallest absolute Gasteiger partial charge is 0.351 e. The minimum atomic E-state index is -4.52. The summed E-state index contributed by atoms with van der Waals surface area (Å²) in [4.78, 5) is 10.5. The van der Waals surface area contributed by atoms with Gasteiger partial charge in [0.05, 0.1) is 12.6 Å². The normalized spacial score (nSPS) is 10.3. The van der Waals surface area contributed by atoms with Crippen molar-refractivity contribution < 1.29 is 18.0 Å². The predicted molar refractivity (Wildman–Crippen MR) is 38.4 cm³/mol. The molecule has 0 unspecified atom stereocenters. The van der Waals surface area contributed by atoms with Crippen molar-refractivity contribution in [2.75, 3.05) is 6.54 Å². The molecule has 1 N–H and O–H groups in total. The second-order valence-corrected chi connectivity index (χ2v) is 2.28. The number of rotatable bonds is 3. The lowest BCUT2D eigenvalue weighted by Crippen LogP contribution is -2.29. The number of carbonyl (C=O) groups excluding carboxylic acids is 1. The van der Waals surface area contributed by atoms with Gasteiger partial charge in [-0.3, -0.25) is 4.79 Å². The number of hydrogen-bond acceptors (Lipinski definition) is 2. The van der Waals surface area contributed by atoms with Gasteiger partial charge in [-0.1, -0.05) is 6.58 Å². The molecule has 1 amide bonds. The summed E-state index contributed by atoms with van der Waals surface area (Å²) in [5, 5.41) is 10.1. The van der Waals surface area contributed by atoms with Crippen LogP contribution in [0.15, 0.2) is 12.2 Å². The lowest BCUT2D eigenvalue weighted by Gasteiger charge is -2.06. The predicted octanol–water partition coefficient (Wildman–Crippen LogP) is 1.13. The molecule has 3 nitrogen and oxygen atoms in total. The highest BCUT2D eigenvalue weighted by molar-refractivity contribution is 5.76. The summed E-state index contributed by atoms with van der Waals surface area (Å²) in [6.07, 6.45) is -6.05. The lowest BCUT2D eigenvalue weighted by atomic mass is 10.3. The molecule has 0 saturated carbocycles. The molecule has 0 aliphatic heterocycles. The van der Waals surface area contributed by atoms with Gasteiger partial charge >= 0.3 is 6.18 Å². The average molecular weight is 192 g/mol. The van der Waals surface area contributed by atoms with E-state index in [9.17, 15) is 18.0 Å². The standard InChI is InChI=1S/C7H7F3N2O/c1-5(3-11)4-12-6(13)2-7(8,9)10/h1-2,4H2,(H,12,13). The average Bonchev–Trinajstić information content (AvgIpc) is 1.97. The summed E-state index contributed by atoms with van der Waals surface area (Å²) in [5.74, 6) is -1.16. The van der Waals surface area contributed by atoms with Crippen LogP contribution >= 0.6 is 0 Å². The highest BCUT2D eigenvalue weighted by Gasteiger charge is 2.30. The summed E-state index contributed by atoms with van der Waals surface area (Å²) >= 11 is 0. The molecule has 0 bridgehead atoms. The fourth-order valence-electron chi connectivity index (χ4n) is 0.489. The van der Waals surface area contributed by atoms with E-state index in [2.05, 4.69) is 6.58 Å². The second-order valence-electron chi connectivity index (χ2n) is 2.28. The van der Waals surface area contributed by atoms with Crippen LogP contribution in [-0.2, 0) is 4.79 Å². The van der Waals surface area contributed by atoms with E-state index in [0.29, 0.717) is 0 Å². The molecule has 0 fully saturated rings. The topological polar surface area (TPSA) is 52.9 Å². The van der Waals surface area contributed by atoms with E-state index >= 15 is 0 Å².